The molecule has 0 aliphatic heterocycles. The van der Waals surface area contributed by atoms with Crippen LogP contribution in [0.3, 0.4) is 0 Å². The van der Waals surface area contributed by atoms with Crippen LogP contribution in [-0.2, 0) is 0 Å². The molecule has 8 heteroatoms. The Hall–Kier alpha value is -3.52. The van der Waals surface area contributed by atoms with Crippen LogP contribution >= 0.6 is 0 Å². The van der Waals surface area contributed by atoms with Gasteiger partial charge in [0.15, 0.2) is 0 Å². The van der Waals surface area contributed by atoms with Gasteiger partial charge in [-0.15, -0.1) is 0 Å². The van der Waals surface area contributed by atoms with E-state index in [0.717, 1.165) is 42.3 Å². The minimum absolute atomic E-state index is 0.0679. The van der Waals surface area contributed by atoms with Crippen LogP contribution in [0, 0.1) is 0 Å². The first-order chi connectivity index (χ1) is 14.7. The van der Waals surface area contributed by atoms with Crippen molar-refractivity contribution in [2.75, 3.05) is 10.6 Å². The normalized spacial score (nSPS) is 19.1. The Morgan fingerprint density at radius 2 is 1.93 bits per heavy atom. The number of aromatic amines is 1. The predicted octanol–water partition coefficient (Wildman–Crippen LogP) is 3.29. The Balaban J connectivity index is 1.55. The number of aromatic nitrogens is 4. The van der Waals surface area contributed by atoms with Gasteiger partial charge in [-0.2, -0.15) is 4.98 Å². The number of nitrogens with zero attached hydrogens (tertiary/aromatic N) is 3. The van der Waals surface area contributed by atoms with Crippen LogP contribution in [0.1, 0.15) is 25.7 Å². The van der Waals surface area contributed by atoms with E-state index in [1.807, 2.05) is 30.3 Å². The molecule has 8 nitrogen and oxygen atoms in total. The molecule has 1 aromatic carbocycles. The van der Waals surface area contributed by atoms with Gasteiger partial charge in [0, 0.05) is 23.7 Å². The molecule has 4 aromatic rings. The molecule has 2 atom stereocenters. The van der Waals surface area contributed by atoms with Crippen molar-refractivity contribution in [1.29, 1.82) is 0 Å². The highest BCUT2D eigenvalue weighted by molar-refractivity contribution is 5.92. The summed E-state index contributed by atoms with van der Waals surface area (Å²) in [4.78, 5) is 28.9. The number of hydrogen-bond donors (Lipinski definition) is 4. The summed E-state index contributed by atoms with van der Waals surface area (Å²) < 4.78 is 0. The number of rotatable bonds is 4. The van der Waals surface area contributed by atoms with E-state index >= 15 is 0 Å². The van der Waals surface area contributed by atoms with E-state index in [2.05, 4.69) is 30.6 Å². The van der Waals surface area contributed by atoms with Crippen molar-refractivity contribution in [3.8, 4) is 0 Å². The molecule has 0 saturated heterocycles. The largest absolute Gasteiger partial charge is 0.350 e. The Bertz CT molecular complexity index is 1270. The molecular weight excluding hydrogens is 378 g/mol. The molecular formula is C22H23N7O. The van der Waals surface area contributed by atoms with Crippen molar-refractivity contribution < 1.29 is 0 Å². The Labute approximate surface area is 173 Å². The Morgan fingerprint density at radius 1 is 1.07 bits per heavy atom. The van der Waals surface area contributed by atoms with E-state index in [-0.39, 0.29) is 17.6 Å². The van der Waals surface area contributed by atoms with Crippen molar-refractivity contribution in [3.05, 3.63) is 59.1 Å². The zero-order valence-electron chi connectivity index (χ0n) is 16.4. The lowest BCUT2D eigenvalue weighted by Gasteiger charge is -2.29. The molecule has 0 amide bonds. The number of fused-ring (bicyclic) bond motifs is 2. The second-order valence-electron chi connectivity index (χ2n) is 7.70. The van der Waals surface area contributed by atoms with Crippen molar-refractivity contribution in [3.63, 3.8) is 0 Å². The van der Waals surface area contributed by atoms with Crippen molar-refractivity contribution >= 4 is 39.3 Å². The van der Waals surface area contributed by atoms with Crippen LogP contribution in [0.25, 0.3) is 21.8 Å². The molecule has 5 N–H and O–H groups in total. The highest BCUT2D eigenvalue weighted by Crippen LogP contribution is 2.26. The molecule has 3 heterocycles. The highest BCUT2D eigenvalue weighted by atomic mass is 16.1. The van der Waals surface area contributed by atoms with Crippen LogP contribution in [0.15, 0.2) is 53.6 Å². The Morgan fingerprint density at radius 3 is 2.83 bits per heavy atom. The molecule has 1 aliphatic rings. The molecule has 152 valence electrons. The van der Waals surface area contributed by atoms with Crippen molar-refractivity contribution in [2.45, 2.75) is 37.8 Å². The molecule has 1 saturated carbocycles. The second-order valence-corrected chi connectivity index (χ2v) is 7.70. The lowest BCUT2D eigenvalue weighted by Crippen LogP contribution is -2.43. The molecule has 0 radical (unpaired) electrons. The van der Waals surface area contributed by atoms with Gasteiger partial charge in [0.1, 0.15) is 11.2 Å². The summed E-state index contributed by atoms with van der Waals surface area (Å²) in [5.74, 6) is 0.900. The van der Waals surface area contributed by atoms with Crippen LogP contribution in [0.2, 0.25) is 0 Å². The third-order valence-electron chi connectivity index (χ3n) is 5.61. The van der Waals surface area contributed by atoms with Crippen molar-refractivity contribution in [1.82, 2.24) is 19.9 Å². The van der Waals surface area contributed by atoms with Crippen LogP contribution < -0.4 is 21.9 Å². The van der Waals surface area contributed by atoms with Gasteiger partial charge in [0.05, 0.1) is 22.9 Å². The van der Waals surface area contributed by atoms with Gasteiger partial charge in [-0.25, -0.2) is 4.98 Å². The third kappa shape index (κ3) is 3.57. The minimum atomic E-state index is -0.246. The first-order valence-corrected chi connectivity index (χ1v) is 10.2. The standard InChI is InChI=1S/C22H23N7O/c23-15-6-2-4-8-17(15)27-22-28-18-9-10-24-21(30)19(18)20(29-22)26-14-11-13-5-1-3-7-16(13)25-12-14/h1,3,5,7,9-12,15,17H,2,4,6,8,23H2,(H,24,30)(H2,26,27,28,29)/t15-,17+/m0/s1. The average Bonchev–Trinajstić information content (AvgIpc) is 2.75. The number of pyridine rings is 2. The number of nitrogens with one attached hydrogen (secondary N) is 3. The minimum Gasteiger partial charge on any atom is -0.350 e. The average molecular weight is 401 g/mol. The summed E-state index contributed by atoms with van der Waals surface area (Å²) in [6, 6.07) is 11.8. The van der Waals surface area contributed by atoms with Gasteiger partial charge in [-0.3, -0.25) is 9.78 Å². The quantitative estimate of drug-likeness (QED) is 0.414. The van der Waals surface area contributed by atoms with E-state index in [1.54, 1.807) is 18.5 Å². The highest BCUT2D eigenvalue weighted by Gasteiger charge is 2.23. The van der Waals surface area contributed by atoms with Gasteiger partial charge in [-0.1, -0.05) is 31.0 Å². The van der Waals surface area contributed by atoms with Crippen LogP contribution in [0.5, 0.6) is 0 Å². The zero-order chi connectivity index (χ0) is 20.5. The fourth-order valence-corrected chi connectivity index (χ4v) is 4.03. The van der Waals surface area contributed by atoms with Gasteiger partial charge in [0.25, 0.3) is 5.56 Å². The van der Waals surface area contributed by atoms with Crippen LogP contribution in [0.4, 0.5) is 17.5 Å². The van der Waals surface area contributed by atoms with E-state index in [0.29, 0.717) is 22.7 Å². The zero-order valence-corrected chi connectivity index (χ0v) is 16.4. The molecule has 5 rings (SSSR count). The van der Waals surface area contributed by atoms with Gasteiger partial charge >= 0.3 is 0 Å². The fraction of sp³-hybridized carbons (Fsp3) is 0.273. The number of anilines is 3. The van der Waals surface area contributed by atoms with E-state index in [1.165, 1.54) is 0 Å². The smallest absolute Gasteiger partial charge is 0.261 e. The van der Waals surface area contributed by atoms with E-state index in [4.69, 9.17) is 5.73 Å². The number of para-hydroxylation sites is 1. The van der Waals surface area contributed by atoms with Crippen LogP contribution in [-0.4, -0.2) is 32.0 Å². The molecule has 0 bridgehead atoms. The van der Waals surface area contributed by atoms with E-state index in [9.17, 15) is 4.79 Å². The number of nitrogens with two attached hydrogens (primary N) is 1. The maximum absolute atomic E-state index is 12.5. The Kier molecular flexibility index (Phi) is 4.76. The lowest BCUT2D eigenvalue weighted by molar-refractivity contribution is 0.402. The number of benzene rings is 1. The molecule has 1 aliphatic carbocycles. The summed E-state index contributed by atoms with van der Waals surface area (Å²) >= 11 is 0. The van der Waals surface area contributed by atoms with E-state index < -0.39 is 0 Å². The fourth-order valence-electron chi connectivity index (χ4n) is 4.03. The number of H-pyrrole nitrogens is 1. The summed E-state index contributed by atoms with van der Waals surface area (Å²) in [6.07, 6.45) is 7.57. The lowest BCUT2D eigenvalue weighted by atomic mass is 9.91. The molecule has 3 aromatic heterocycles. The topological polar surface area (TPSA) is 122 Å². The number of hydrogen-bond acceptors (Lipinski definition) is 7. The predicted molar refractivity (Wildman–Crippen MR) is 119 cm³/mol. The molecule has 0 spiro atoms. The second kappa shape index (κ2) is 7.72. The monoisotopic (exact) mass is 401 g/mol. The van der Waals surface area contributed by atoms with Crippen molar-refractivity contribution in [2.24, 2.45) is 5.73 Å². The third-order valence-corrected chi connectivity index (χ3v) is 5.61. The van der Waals surface area contributed by atoms with Gasteiger partial charge < -0.3 is 21.4 Å². The maximum Gasteiger partial charge on any atom is 0.261 e. The summed E-state index contributed by atoms with van der Waals surface area (Å²) in [6.45, 7) is 0. The van der Waals surface area contributed by atoms with Gasteiger partial charge in [-0.05, 0) is 31.0 Å². The summed E-state index contributed by atoms with van der Waals surface area (Å²) in [7, 11) is 0. The SMILES string of the molecule is N[C@H]1CCCC[C@H]1Nc1nc(Nc2cnc3ccccc3c2)c2c(=O)[nH]ccc2n1. The molecule has 1 fully saturated rings. The molecule has 30 heavy (non-hydrogen) atoms. The summed E-state index contributed by atoms with van der Waals surface area (Å²) in [5.41, 5.74) is 8.25. The first kappa shape index (κ1) is 18.5. The summed E-state index contributed by atoms with van der Waals surface area (Å²) in [5, 5.41) is 8.05. The molecule has 0 unspecified atom stereocenters. The van der Waals surface area contributed by atoms with Gasteiger partial charge in [0.2, 0.25) is 5.95 Å². The first-order valence-electron chi connectivity index (χ1n) is 10.2. The maximum atomic E-state index is 12.5.